The Morgan fingerprint density at radius 1 is 1.40 bits per heavy atom. The van der Waals surface area contributed by atoms with E-state index in [1.54, 1.807) is 0 Å². The van der Waals surface area contributed by atoms with Gasteiger partial charge in [-0.25, -0.2) is 4.98 Å². The number of aromatic nitrogens is 1. The second kappa shape index (κ2) is 6.23. The summed E-state index contributed by atoms with van der Waals surface area (Å²) in [6.45, 7) is 3.18. The minimum absolute atomic E-state index is 0.704. The highest BCUT2D eigenvalue weighted by Gasteiger charge is 2.16. The fourth-order valence-electron chi connectivity index (χ4n) is 3.21. The topological polar surface area (TPSA) is 60.7 Å². The van der Waals surface area contributed by atoms with Crippen LogP contribution in [0.25, 0.3) is 0 Å². The molecule has 0 amide bonds. The van der Waals surface area contributed by atoms with Crippen LogP contribution < -0.4 is 10.6 Å². The zero-order valence-electron chi connectivity index (χ0n) is 11.9. The summed E-state index contributed by atoms with van der Waals surface area (Å²) in [4.78, 5) is 4.70. The van der Waals surface area contributed by atoms with Crippen LogP contribution >= 0.6 is 0 Å². The highest BCUT2D eigenvalue weighted by atomic mass is 15.0. The summed E-state index contributed by atoms with van der Waals surface area (Å²) in [6.07, 6.45) is 6.99. The van der Waals surface area contributed by atoms with Crippen LogP contribution in [0.1, 0.15) is 42.5 Å². The van der Waals surface area contributed by atoms with E-state index in [1.807, 2.05) is 6.07 Å². The van der Waals surface area contributed by atoms with E-state index in [4.69, 9.17) is 4.98 Å². The molecule has 0 aromatic carbocycles. The molecule has 1 aromatic rings. The first kappa shape index (κ1) is 13.4. The number of nitrogens with zero attached hydrogens (tertiary/aromatic N) is 2. The number of nitrogens with one attached hydrogen (secondary N) is 2. The van der Waals surface area contributed by atoms with E-state index in [2.05, 4.69) is 16.7 Å². The molecule has 2 heterocycles. The van der Waals surface area contributed by atoms with Gasteiger partial charge >= 0.3 is 0 Å². The molecule has 2 aliphatic rings. The Balaban J connectivity index is 1.66. The maximum Gasteiger partial charge on any atom is 0.144 e. The van der Waals surface area contributed by atoms with Crippen LogP contribution in [0.5, 0.6) is 0 Å². The van der Waals surface area contributed by atoms with Gasteiger partial charge in [0.25, 0.3) is 0 Å². The number of hydrogen-bond donors (Lipinski definition) is 2. The Bertz CT molecular complexity index is 512. The monoisotopic (exact) mass is 270 g/mol. The Morgan fingerprint density at radius 3 is 3.10 bits per heavy atom. The van der Waals surface area contributed by atoms with Crippen molar-refractivity contribution < 1.29 is 0 Å². The average Bonchev–Trinajstić information content (AvgIpc) is 3.00. The van der Waals surface area contributed by atoms with E-state index < -0.39 is 0 Å². The third-order valence-corrected chi connectivity index (χ3v) is 4.43. The summed E-state index contributed by atoms with van der Waals surface area (Å²) in [5.41, 5.74) is 3.17. The molecule has 0 bridgehead atoms. The van der Waals surface area contributed by atoms with Gasteiger partial charge in [0, 0.05) is 12.2 Å². The quantitative estimate of drug-likeness (QED) is 0.881. The number of fused-ring (bicyclic) bond motifs is 1. The summed E-state index contributed by atoms with van der Waals surface area (Å²) in [7, 11) is 0. The molecule has 1 atom stereocenters. The second-order valence-electron chi connectivity index (χ2n) is 5.88. The third kappa shape index (κ3) is 2.94. The first-order chi connectivity index (χ1) is 9.86. The molecule has 106 valence electrons. The fraction of sp³-hybridized carbons (Fsp3) is 0.625. The highest BCUT2D eigenvalue weighted by Crippen LogP contribution is 2.24. The predicted octanol–water partition coefficient (Wildman–Crippen LogP) is 2.24. The zero-order chi connectivity index (χ0) is 13.8. The molecule has 1 unspecified atom stereocenters. The van der Waals surface area contributed by atoms with Gasteiger partial charge in [0.15, 0.2) is 0 Å². The molecule has 0 radical (unpaired) electrons. The van der Waals surface area contributed by atoms with Crippen molar-refractivity contribution in [3.63, 3.8) is 0 Å². The van der Waals surface area contributed by atoms with Gasteiger partial charge in [0.2, 0.25) is 0 Å². The molecule has 1 aliphatic heterocycles. The summed E-state index contributed by atoms with van der Waals surface area (Å²) in [5, 5.41) is 16.1. The summed E-state index contributed by atoms with van der Waals surface area (Å²) < 4.78 is 0. The highest BCUT2D eigenvalue weighted by molar-refractivity contribution is 5.54. The van der Waals surface area contributed by atoms with Gasteiger partial charge in [0.1, 0.15) is 11.9 Å². The van der Waals surface area contributed by atoms with E-state index in [9.17, 15) is 5.26 Å². The van der Waals surface area contributed by atoms with Crippen LogP contribution in [0.15, 0.2) is 6.07 Å². The molecule has 1 aliphatic carbocycles. The normalized spacial score (nSPS) is 21.2. The van der Waals surface area contributed by atoms with Gasteiger partial charge < -0.3 is 10.6 Å². The van der Waals surface area contributed by atoms with Crippen molar-refractivity contribution in [2.24, 2.45) is 5.92 Å². The molecule has 1 aromatic heterocycles. The standard InChI is InChI=1S/C16H22N4/c17-10-14-9-13-3-1-2-4-15(13)20-16(14)19-8-6-12-5-7-18-11-12/h9,12,18H,1-8,11H2,(H,19,20). The Labute approximate surface area is 120 Å². The molecule has 20 heavy (non-hydrogen) atoms. The predicted molar refractivity (Wildman–Crippen MR) is 79.7 cm³/mol. The number of anilines is 1. The van der Waals surface area contributed by atoms with Gasteiger partial charge in [-0.05, 0) is 69.2 Å². The lowest BCUT2D eigenvalue weighted by molar-refractivity contribution is 0.548. The molecule has 4 heteroatoms. The third-order valence-electron chi connectivity index (χ3n) is 4.43. The summed E-state index contributed by atoms with van der Waals surface area (Å²) in [6, 6.07) is 4.33. The lowest BCUT2D eigenvalue weighted by Gasteiger charge is -2.17. The number of pyridine rings is 1. The number of nitriles is 1. The maximum absolute atomic E-state index is 9.29. The van der Waals surface area contributed by atoms with Crippen molar-refractivity contribution in [1.29, 1.82) is 5.26 Å². The molecular weight excluding hydrogens is 248 g/mol. The Kier molecular flexibility index (Phi) is 4.17. The van der Waals surface area contributed by atoms with Crippen LogP contribution in [-0.4, -0.2) is 24.6 Å². The summed E-state index contributed by atoms with van der Waals surface area (Å²) in [5.74, 6) is 1.56. The molecule has 4 nitrogen and oxygen atoms in total. The molecule has 0 spiro atoms. The lowest BCUT2D eigenvalue weighted by Crippen LogP contribution is -2.15. The number of rotatable bonds is 4. The number of hydrogen-bond acceptors (Lipinski definition) is 4. The van der Waals surface area contributed by atoms with Crippen LogP contribution in [0, 0.1) is 17.2 Å². The minimum atomic E-state index is 0.704. The van der Waals surface area contributed by atoms with Crippen LogP contribution in [0.3, 0.4) is 0 Å². The smallest absolute Gasteiger partial charge is 0.144 e. The molecule has 0 saturated carbocycles. The van der Waals surface area contributed by atoms with Crippen molar-refractivity contribution in [2.75, 3.05) is 25.0 Å². The first-order valence-corrected chi connectivity index (χ1v) is 7.74. The van der Waals surface area contributed by atoms with E-state index in [0.29, 0.717) is 5.56 Å². The zero-order valence-corrected chi connectivity index (χ0v) is 11.9. The lowest BCUT2D eigenvalue weighted by atomic mass is 9.95. The Morgan fingerprint density at radius 2 is 2.30 bits per heavy atom. The van der Waals surface area contributed by atoms with E-state index >= 15 is 0 Å². The van der Waals surface area contributed by atoms with Crippen LogP contribution in [-0.2, 0) is 12.8 Å². The Hall–Kier alpha value is -1.60. The van der Waals surface area contributed by atoms with Crippen LogP contribution in [0.2, 0.25) is 0 Å². The molecule has 1 fully saturated rings. The minimum Gasteiger partial charge on any atom is -0.369 e. The van der Waals surface area contributed by atoms with E-state index in [0.717, 1.165) is 50.6 Å². The van der Waals surface area contributed by atoms with Crippen LogP contribution in [0.4, 0.5) is 5.82 Å². The molecular formula is C16H22N4. The maximum atomic E-state index is 9.29. The SMILES string of the molecule is N#Cc1cc2c(nc1NCCC1CCNC1)CCCC2. The van der Waals surface area contributed by atoms with Gasteiger partial charge in [-0.15, -0.1) is 0 Å². The number of aryl methyl sites for hydroxylation is 2. The van der Waals surface area contributed by atoms with Gasteiger partial charge in [-0.3, -0.25) is 0 Å². The fourth-order valence-corrected chi connectivity index (χ4v) is 3.21. The molecule has 2 N–H and O–H groups in total. The first-order valence-electron chi connectivity index (χ1n) is 7.74. The average molecular weight is 270 g/mol. The van der Waals surface area contributed by atoms with Crippen molar-refractivity contribution in [1.82, 2.24) is 10.3 Å². The van der Waals surface area contributed by atoms with E-state index in [1.165, 1.54) is 30.5 Å². The summed E-state index contributed by atoms with van der Waals surface area (Å²) >= 11 is 0. The van der Waals surface area contributed by atoms with Gasteiger partial charge in [-0.2, -0.15) is 5.26 Å². The second-order valence-corrected chi connectivity index (χ2v) is 5.88. The molecule has 1 saturated heterocycles. The molecule has 3 rings (SSSR count). The van der Waals surface area contributed by atoms with Crippen molar-refractivity contribution in [2.45, 2.75) is 38.5 Å². The van der Waals surface area contributed by atoms with E-state index in [-0.39, 0.29) is 0 Å². The van der Waals surface area contributed by atoms with Crippen molar-refractivity contribution in [3.8, 4) is 6.07 Å². The largest absolute Gasteiger partial charge is 0.369 e. The van der Waals surface area contributed by atoms with Crippen molar-refractivity contribution >= 4 is 5.82 Å². The van der Waals surface area contributed by atoms with Crippen molar-refractivity contribution in [3.05, 3.63) is 22.9 Å². The van der Waals surface area contributed by atoms with Gasteiger partial charge in [-0.1, -0.05) is 0 Å². The van der Waals surface area contributed by atoms with Gasteiger partial charge in [0.05, 0.1) is 5.56 Å².